The standard InChI is InChI=1S/C14H18N2O4S/c17-12(16-11-6-10(7-11)14(19)20)2-1-4-15-13(18)9-3-5-21-8-9/h3,5,8,10-11H,1-2,4,6-7H2,(H,15,18)(H,16,17)(H,19,20). The number of thiophene rings is 1. The first-order valence-corrected chi connectivity index (χ1v) is 7.83. The lowest BCUT2D eigenvalue weighted by Gasteiger charge is -2.32. The molecule has 1 saturated carbocycles. The molecule has 0 unspecified atom stereocenters. The summed E-state index contributed by atoms with van der Waals surface area (Å²) in [4.78, 5) is 33.9. The molecule has 6 nitrogen and oxygen atoms in total. The number of rotatable bonds is 7. The van der Waals surface area contributed by atoms with Crippen LogP contribution < -0.4 is 10.6 Å². The van der Waals surface area contributed by atoms with Crippen LogP contribution in [-0.2, 0) is 9.59 Å². The van der Waals surface area contributed by atoms with Gasteiger partial charge in [-0.25, -0.2) is 0 Å². The molecule has 1 fully saturated rings. The zero-order valence-corrected chi connectivity index (χ0v) is 12.3. The summed E-state index contributed by atoms with van der Waals surface area (Å²) in [6.07, 6.45) is 1.92. The van der Waals surface area contributed by atoms with Gasteiger partial charge in [0, 0.05) is 30.0 Å². The highest BCUT2D eigenvalue weighted by Gasteiger charge is 2.34. The lowest BCUT2D eigenvalue weighted by molar-refractivity contribution is -0.146. The number of carboxylic acid groups (broad SMARTS) is 1. The Kier molecular flexibility index (Phi) is 5.32. The van der Waals surface area contributed by atoms with E-state index in [9.17, 15) is 14.4 Å². The second-order valence-corrected chi connectivity index (χ2v) is 5.92. The second-order valence-electron chi connectivity index (χ2n) is 5.14. The molecular formula is C14H18N2O4S. The van der Waals surface area contributed by atoms with E-state index in [1.54, 1.807) is 11.4 Å². The minimum Gasteiger partial charge on any atom is -0.481 e. The maximum atomic E-state index is 11.6. The fraction of sp³-hybridized carbons (Fsp3) is 0.500. The predicted molar refractivity (Wildman–Crippen MR) is 78.2 cm³/mol. The number of amides is 2. The van der Waals surface area contributed by atoms with Crippen LogP contribution in [0.5, 0.6) is 0 Å². The second kappa shape index (κ2) is 7.21. The molecule has 21 heavy (non-hydrogen) atoms. The third-order valence-corrected chi connectivity index (χ3v) is 4.19. The molecule has 0 saturated heterocycles. The number of hydrogen-bond donors (Lipinski definition) is 3. The van der Waals surface area contributed by atoms with Crippen molar-refractivity contribution in [1.82, 2.24) is 10.6 Å². The van der Waals surface area contributed by atoms with Crippen molar-refractivity contribution in [1.29, 1.82) is 0 Å². The number of nitrogens with one attached hydrogen (secondary N) is 2. The van der Waals surface area contributed by atoms with E-state index in [1.165, 1.54) is 11.3 Å². The van der Waals surface area contributed by atoms with Gasteiger partial charge in [-0.3, -0.25) is 14.4 Å². The van der Waals surface area contributed by atoms with E-state index in [1.807, 2.05) is 5.38 Å². The van der Waals surface area contributed by atoms with Gasteiger partial charge in [0.15, 0.2) is 0 Å². The quantitative estimate of drug-likeness (QED) is 0.660. The fourth-order valence-electron chi connectivity index (χ4n) is 2.18. The Hall–Kier alpha value is -1.89. The number of hydrogen-bond acceptors (Lipinski definition) is 4. The molecule has 7 heteroatoms. The molecule has 0 aliphatic heterocycles. The molecule has 0 atom stereocenters. The topological polar surface area (TPSA) is 95.5 Å². The fourth-order valence-corrected chi connectivity index (χ4v) is 2.82. The van der Waals surface area contributed by atoms with Crippen molar-refractivity contribution in [3.63, 3.8) is 0 Å². The van der Waals surface area contributed by atoms with E-state index in [-0.39, 0.29) is 23.8 Å². The lowest BCUT2D eigenvalue weighted by Crippen LogP contribution is -2.46. The average molecular weight is 310 g/mol. The largest absolute Gasteiger partial charge is 0.481 e. The smallest absolute Gasteiger partial charge is 0.306 e. The summed E-state index contributed by atoms with van der Waals surface area (Å²) in [6.45, 7) is 0.449. The number of carboxylic acids is 1. The zero-order chi connectivity index (χ0) is 15.2. The minimum atomic E-state index is -0.795. The molecule has 1 heterocycles. The van der Waals surface area contributed by atoms with Crippen molar-refractivity contribution in [2.75, 3.05) is 6.54 Å². The van der Waals surface area contributed by atoms with Crippen molar-refractivity contribution >= 4 is 29.1 Å². The summed E-state index contributed by atoms with van der Waals surface area (Å²) in [5.41, 5.74) is 0.638. The Morgan fingerprint density at radius 2 is 2.10 bits per heavy atom. The lowest BCUT2D eigenvalue weighted by atomic mass is 9.80. The van der Waals surface area contributed by atoms with Gasteiger partial charge < -0.3 is 15.7 Å². The van der Waals surface area contributed by atoms with Crippen molar-refractivity contribution < 1.29 is 19.5 Å². The van der Waals surface area contributed by atoms with Gasteiger partial charge in [0.25, 0.3) is 5.91 Å². The van der Waals surface area contributed by atoms with Crippen molar-refractivity contribution in [3.05, 3.63) is 22.4 Å². The zero-order valence-electron chi connectivity index (χ0n) is 11.5. The predicted octanol–water partition coefficient (Wildman–Crippen LogP) is 1.24. The third kappa shape index (κ3) is 4.56. The highest BCUT2D eigenvalue weighted by atomic mass is 32.1. The third-order valence-electron chi connectivity index (χ3n) is 3.50. The molecule has 2 amide bonds. The van der Waals surface area contributed by atoms with Gasteiger partial charge >= 0.3 is 5.97 Å². The van der Waals surface area contributed by atoms with Crippen LogP contribution in [0.2, 0.25) is 0 Å². The first-order chi connectivity index (χ1) is 10.1. The van der Waals surface area contributed by atoms with Gasteiger partial charge in [0.1, 0.15) is 0 Å². The molecule has 1 aliphatic rings. The van der Waals surface area contributed by atoms with E-state index in [2.05, 4.69) is 10.6 Å². The number of carbonyl (C=O) groups is 3. The molecule has 1 aromatic rings. The van der Waals surface area contributed by atoms with Gasteiger partial charge in [0.05, 0.1) is 5.92 Å². The molecule has 1 aliphatic carbocycles. The number of carbonyl (C=O) groups excluding carboxylic acids is 2. The van der Waals surface area contributed by atoms with E-state index in [4.69, 9.17) is 5.11 Å². The molecule has 1 aromatic heterocycles. The summed E-state index contributed by atoms with van der Waals surface area (Å²) in [5, 5.41) is 17.9. The minimum absolute atomic E-state index is 0.0148. The van der Waals surface area contributed by atoms with Gasteiger partial charge in [-0.05, 0) is 30.7 Å². The monoisotopic (exact) mass is 310 g/mol. The van der Waals surface area contributed by atoms with Crippen LogP contribution >= 0.6 is 11.3 Å². The van der Waals surface area contributed by atoms with Crippen LogP contribution in [0.15, 0.2) is 16.8 Å². The Bertz CT molecular complexity index is 509. The van der Waals surface area contributed by atoms with Gasteiger partial charge in [0.2, 0.25) is 5.91 Å². The van der Waals surface area contributed by atoms with E-state index in [0.717, 1.165) is 0 Å². The highest BCUT2D eigenvalue weighted by Crippen LogP contribution is 2.27. The molecular weight excluding hydrogens is 292 g/mol. The normalized spacial score (nSPS) is 20.4. The van der Waals surface area contributed by atoms with Gasteiger partial charge in [-0.2, -0.15) is 11.3 Å². The van der Waals surface area contributed by atoms with Crippen molar-refractivity contribution in [3.8, 4) is 0 Å². The maximum absolute atomic E-state index is 11.6. The summed E-state index contributed by atoms with van der Waals surface area (Å²) in [5.74, 6) is -1.33. The average Bonchev–Trinajstić information content (AvgIpc) is 2.91. The van der Waals surface area contributed by atoms with Crippen LogP contribution in [0.4, 0.5) is 0 Å². The Balaban J connectivity index is 1.54. The Labute approximate surface area is 126 Å². The molecule has 114 valence electrons. The van der Waals surface area contributed by atoms with Gasteiger partial charge in [-0.15, -0.1) is 0 Å². The molecule has 0 radical (unpaired) electrons. The van der Waals surface area contributed by atoms with E-state index < -0.39 is 5.97 Å². The van der Waals surface area contributed by atoms with E-state index in [0.29, 0.717) is 37.8 Å². The Morgan fingerprint density at radius 3 is 2.71 bits per heavy atom. The molecule has 0 bridgehead atoms. The summed E-state index contributed by atoms with van der Waals surface area (Å²) in [7, 11) is 0. The summed E-state index contributed by atoms with van der Waals surface area (Å²) >= 11 is 1.46. The van der Waals surface area contributed by atoms with Gasteiger partial charge in [-0.1, -0.05) is 0 Å². The first kappa shape index (κ1) is 15.5. The van der Waals surface area contributed by atoms with Crippen LogP contribution in [0.1, 0.15) is 36.0 Å². The maximum Gasteiger partial charge on any atom is 0.306 e. The first-order valence-electron chi connectivity index (χ1n) is 6.89. The summed E-state index contributed by atoms with van der Waals surface area (Å²) < 4.78 is 0. The van der Waals surface area contributed by atoms with Crippen LogP contribution in [-0.4, -0.2) is 35.5 Å². The van der Waals surface area contributed by atoms with E-state index >= 15 is 0 Å². The summed E-state index contributed by atoms with van der Waals surface area (Å²) in [6, 6.07) is 1.74. The molecule has 0 spiro atoms. The number of aliphatic carboxylic acids is 1. The Morgan fingerprint density at radius 1 is 1.33 bits per heavy atom. The highest BCUT2D eigenvalue weighted by molar-refractivity contribution is 7.08. The van der Waals surface area contributed by atoms with Crippen molar-refractivity contribution in [2.24, 2.45) is 5.92 Å². The molecule has 3 N–H and O–H groups in total. The van der Waals surface area contributed by atoms with Crippen molar-refractivity contribution in [2.45, 2.75) is 31.7 Å². The molecule has 2 rings (SSSR count). The SMILES string of the molecule is O=C(CCCNC(=O)c1ccsc1)NC1CC(C(=O)O)C1. The van der Waals surface area contributed by atoms with Crippen LogP contribution in [0, 0.1) is 5.92 Å². The van der Waals surface area contributed by atoms with Crippen LogP contribution in [0.25, 0.3) is 0 Å². The molecule has 0 aromatic carbocycles. The van der Waals surface area contributed by atoms with Crippen LogP contribution in [0.3, 0.4) is 0 Å².